The number of pyridine rings is 4. The van der Waals surface area contributed by atoms with E-state index in [0.717, 1.165) is 73.2 Å². The molecule has 20 rings (SSSR count). The lowest BCUT2D eigenvalue weighted by atomic mass is 9.97. The van der Waals surface area contributed by atoms with Crippen molar-refractivity contribution >= 4 is 97.2 Å². The Kier molecular flexibility index (Phi) is 25.3. The molecule has 4 aliphatic rings. The third-order valence-electron chi connectivity index (χ3n) is 24.8. The smallest absolute Gasteiger partial charge is 0.296 e. The number of amides is 5. The van der Waals surface area contributed by atoms with Crippen LogP contribution < -0.4 is 60.3 Å². The van der Waals surface area contributed by atoms with E-state index in [4.69, 9.17) is 36.6 Å². The third-order valence-corrected chi connectivity index (χ3v) is 24.8. The molecule has 0 spiro atoms. The van der Waals surface area contributed by atoms with Gasteiger partial charge in [0.05, 0.1) is 96.4 Å². The van der Waals surface area contributed by atoms with Crippen LogP contribution in [-0.4, -0.2) is 118 Å². The van der Waals surface area contributed by atoms with E-state index in [1.165, 1.54) is 77.2 Å². The van der Waals surface area contributed by atoms with Gasteiger partial charge >= 0.3 is 0 Å². The molecule has 4 N–H and O–H groups in total. The SMILES string of the molecule is CN(C)C=O.COc1cc(C2c3c(oc4cc(C)c(C)cc4c3=O)C(=O)N2c2ccc(C)cn2)ccc1O.COc1cc(C2c3c(oc4cc(C)c(C)cc4c3=O)C(=O)N2c2ccc(C)cn2)ccc1O.COc1cc(C2c3c(oc4cc(C)c(C)cc4c3=O)C(=O)N2c2ccc(C)cn2)ccc1O.COc1cc(C2c3c(oc4cc(C)c(C)cc4c3=O)C(=O)N2c2ccc(C)cn2)ccc1O. The minimum absolute atomic E-state index is 0.00447. The first-order valence-corrected chi connectivity index (χ1v) is 43.4. The van der Waals surface area contributed by atoms with Crippen LogP contribution in [0.4, 0.5) is 23.3 Å². The van der Waals surface area contributed by atoms with Crippen LogP contribution in [-0.2, 0) is 4.79 Å². The molecular weight excluding hydrogens is 1750 g/mol. The van der Waals surface area contributed by atoms with Crippen LogP contribution in [0.5, 0.6) is 46.0 Å². The topological polar surface area (TPSA) is 392 Å². The zero-order valence-electron chi connectivity index (χ0n) is 78.1. The second-order valence-corrected chi connectivity index (χ2v) is 34.3. The summed E-state index contributed by atoms with van der Waals surface area (Å²) in [6.45, 7) is 23.0. The zero-order valence-corrected chi connectivity index (χ0v) is 78.1. The predicted octanol–water partition coefficient (Wildman–Crippen LogP) is 18.0. The van der Waals surface area contributed by atoms with Crippen molar-refractivity contribution in [2.75, 3.05) is 62.1 Å². The van der Waals surface area contributed by atoms with Gasteiger partial charge in [0.25, 0.3) is 23.6 Å². The Morgan fingerprint density at radius 2 is 0.482 bits per heavy atom. The van der Waals surface area contributed by atoms with Crippen molar-refractivity contribution in [3.05, 3.63) is 370 Å². The largest absolute Gasteiger partial charge is 0.504 e. The van der Waals surface area contributed by atoms with Gasteiger partial charge in [-0.2, -0.15) is 0 Å². The fraction of sp³-hybridized carbons (Fsp3) is 0.206. The van der Waals surface area contributed by atoms with Gasteiger partial charge in [-0.15, -0.1) is 0 Å². The molecule has 12 heterocycles. The number of ether oxygens (including phenoxy) is 4. The first kappa shape index (κ1) is 93.2. The van der Waals surface area contributed by atoms with Crippen LogP contribution in [0.1, 0.15) is 178 Å². The number of aromatic hydroxyl groups is 4. The van der Waals surface area contributed by atoms with Crippen LogP contribution in [0.3, 0.4) is 0 Å². The van der Waals surface area contributed by atoms with Crippen molar-refractivity contribution < 1.29 is 81.0 Å². The number of anilines is 4. The maximum Gasteiger partial charge on any atom is 0.296 e. The van der Waals surface area contributed by atoms with Gasteiger partial charge < -0.3 is 61.9 Å². The van der Waals surface area contributed by atoms with Crippen molar-refractivity contribution in [2.45, 2.75) is 107 Å². The average molecular weight is 1840 g/mol. The van der Waals surface area contributed by atoms with Crippen molar-refractivity contribution in [3.8, 4) is 46.0 Å². The van der Waals surface area contributed by atoms with Gasteiger partial charge in [0.15, 0.2) is 67.7 Å². The van der Waals surface area contributed by atoms with Gasteiger partial charge in [0, 0.05) is 38.9 Å². The number of aryl methyl sites for hydroxylation is 12. The molecule has 0 saturated heterocycles. The van der Waals surface area contributed by atoms with Crippen LogP contribution in [0.2, 0.25) is 0 Å². The molecule has 694 valence electrons. The monoisotopic (exact) mass is 1840 g/mol. The number of rotatable bonds is 13. The van der Waals surface area contributed by atoms with E-state index in [-0.39, 0.29) is 113 Å². The predicted molar refractivity (Wildman–Crippen MR) is 517 cm³/mol. The molecule has 5 amide bonds. The highest BCUT2D eigenvalue weighted by Crippen LogP contribution is 2.49. The lowest BCUT2D eigenvalue weighted by molar-refractivity contribution is -0.115. The van der Waals surface area contributed by atoms with Gasteiger partial charge in [-0.1, -0.05) is 48.5 Å². The summed E-state index contributed by atoms with van der Waals surface area (Å²) in [4.78, 5) is 144. The standard InChI is InChI=1S/4C26H22N2O5.C3H7NO/c4*1-13-5-8-21(27-12-13)28-23(16-6-7-18(29)20(11-16)32-4)22-24(30)17-9-14(2)15(3)10-19(17)33-25(22)26(28)31;1-4(2)3-5/h4*5-12,23,29H,1-4H3;3H,1-2H3. The lowest BCUT2D eigenvalue weighted by Crippen LogP contribution is -2.30. The molecule has 16 aromatic rings. The highest BCUT2D eigenvalue weighted by molar-refractivity contribution is 6.13. The van der Waals surface area contributed by atoms with Crippen LogP contribution in [0.15, 0.2) is 231 Å². The molecule has 0 saturated carbocycles. The number of hydrogen-bond donors (Lipinski definition) is 4. The Morgan fingerprint density at radius 1 is 0.292 bits per heavy atom. The number of hydrogen-bond acceptors (Lipinski definition) is 25. The Balaban J connectivity index is 0.000000130. The highest BCUT2D eigenvalue weighted by Gasteiger charge is 2.50. The van der Waals surface area contributed by atoms with E-state index < -0.39 is 47.8 Å². The van der Waals surface area contributed by atoms with E-state index in [9.17, 15) is 63.6 Å². The summed E-state index contributed by atoms with van der Waals surface area (Å²) in [7, 11) is 9.15. The van der Waals surface area contributed by atoms with E-state index in [1.807, 2.05) is 107 Å². The second kappa shape index (κ2) is 37.2. The molecule has 4 unspecified atom stereocenters. The molecular formula is C107H95N9O21. The van der Waals surface area contributed by atoms with E-state index in [0.29, 0.717) is 89.4 Å². The van der Waals surface area contributed by atoms with Crippen molar-refractivity contribution in [1.82, 2.24) is 24.8 Å². The van der Waals surface area contributed by atoms with Gasteiger partial charge in [-0.3, -0.25) is 62.8 Å². The number of phenols is 4. The molecule has 8 aromatic carbocycles. The first-order chi connectivity index (χ1) is 65.4. The van der Waals surface area contributed by atoms with Crippen molar-refractivity contribution in [3.63, 3.8) is 0 Å². The van der Waals surface area contributed by atoms with Crippen LogP contribution >= 0.6 is 0 Å². The van der Waals surface area contributed by atoms with E-state index in [2.05, 4.69) is 19.9 Å². The van der Waals surface area contributed by atoms with Gasteiger partial charge in [0.1, 0.15) is 45.6 Å². The lowest BCUT2D eigenvalue weighted by Gasteiger charge is -2.24. The number of methoxy groups -OCH3 is 4. The molecule has 0 bridgehead atoms. The zero-order chi connectivity index (χ0) is 98.0. The number of carbonyl (C=O) groups excluding carboxylic acids is 5. The minimum atomic E-state index is -0.792. The Morgan fingerprint density at radius 3 is 0.650 bits per heavy atom. The van der Waals surface area contributed by atoms with Gasteiger partial charge in [-0.05, 0) is 293 Å². The number of aromatic nitrogens is 4. The van der Waals surface area contributed by atoms with E-state index >= 15 is 0 Å². The van der Waals surface area contributed by atoms with Crippen LogP contribution in [0, 0.1) is 83.1 Å². The fourth-order valence-corrected chi connectivity index (χ4v) is 17.0. The van der Waals surface area contributed by atoms with Crippen molar-refractivity contribution in [2.24, 2.45) is 0 Å². The molecule has 4 aliphatic heterocycles. The molecule has 0 fully saturated rings. The van der Waals surface area contributed by atoms with Crippen molar-refractivity contribution in [1.29, 1.82) is 0 Å². The highest BCUT2D eigenvalue weighted by atomic mass is 16.5. The number of carbonyl (C=O) groups is 5. The third kappa shape index (κ3) is 17.0. The summed E-state index contributed by atoms with van der Waals surface area (Å²) in [5.74, 6) is 0.555. The molecule has 30 nitrogen and oxygen atoms in total. The van der Waals surface area contributed by atoms with Gasteiger partial charge in [-0.25, -0.2) is 19.9 Å². The normalized spacial score (nSPS) is 14.9. The van der Waals surface area contributed by atoms with Gasteiger partial charge in [0.2, 0.25) is 29.5 Å². The Bertz CT molecular complexity index is 6990. The second-order valence-electron chi connectivity index (χ2n) is 34.3. The molecule has 8 aromatic heterocycles. The minimum Gasteiger partial charge on any atom is -0.504 e. The fourth-order valence-electron chi connectivity index (χ4n) is 17.0. The summed E-state index contributed by atoms with van der Waals surface area (Å²) >= 11 is 0. The maximum atomic E-state index is 13.7. The number of nitrogens with zero attached hydrogens (tertiary/aromatic N) is 9. The Hall–Kier alpha value is -17.1. The first-order valence-electron chi connectivity index (χ1n) is 43.4. The molecule has 4 atom stereocenters. The maximum absolute atomic E-state index is 13.7. The van der Waals surface area contributed by atoms with E-state index in [1.54, 1.807) is 160 Å². The summed E-state index contributed by atoms with van der Waals surface area (Å²) in [6, 6.07) is 44.5. The summed E-state index contributed by atoms with van der Waals surface area (Å²) in [5.41, 5.74) is 15.2. The molecule has 0 aliphatic carbocycles. The summed E-state index contributed by atoms with van der Waals surface area (Å²) in [6.07, 6.45) is 7.41. The number of fused-ring (bicyclic) bond motifs is 8. The van der Waals surface area contributed by atoms with Crippen LogP contribution in [0.25, 0.3) is 43.9 Å². The average Bonchev–Trinajstić information content (AvgIpc) is 1.56. The Labute approximate surface area is 784 Å². The molecule has 0 radical (unpaired) electrons. The number of benzene rings is 8. The summed E-state index contributed by atoms with van der Waals surface area (Å²) in [5, 5.41) is 42.0. The number of phenolic OH excluding ortho intramolecular Hbond substituents is 4. The summed E-state index contributed by atoms with van der Waals surface area (Å²) < 4.78 is 45.3. The molecule has 30 heteroatoms. The molecule has 137 heavy (non-hydrogen) atoms. The quantitative estimate of drug-likeness (QED) is 0.0779.